The van der Waals surface area contributed by atoms with Gasteiger partial charge >= 0.3 is 0 Å². The van der Waals surface area contributed by atoms with E-state index in [0.717, 1.165) is 11.1 Å². The van der Waals surface area contributed by atoms with Crippen molar-refractivity contribution in [2.24, 2.45) is 0 Å². The number of hydrogen-bond donors (Lipinski definition) is 2. The Morgan fingerprint density at radius 2 is 1.98 bits per heavy atom. The lowest BCUT2D eigenvalue weighted by molar-refractivity contribution is -0.124. The maximum Gasteiger partial charge on any atom is 0.254 e. The number of aryl methyl sites for hydroxylation is 1. The van der Waals surface area contributed by atoms with Gasteiger partial charge in [0, 0.05) is 44.5 Å². The van der Waals surface area contributed by atoms with Crippen LogP contribution in [0.3, 0.4) is 0 Å². The molecule has 0 radical (unpaired) electrons. The van der Waals surface area contributed by atoms with Crippen molar-refractivity contribution in [2.75, 3.05) is 39.0 Å². The lowest BCUT2D eigenvalue weighted by Crippen LogP contribution is -2.58. The minimum absolute atomic E-state index is 0.144. The van der Waals surface area contributed by atoms with Gasteiger partial charge in [0.05, 0.1) is 25.3 Å². The van der Waals surface area contributed by atoms with E-state index in [1.165, 1.54) is 4.90 Å². The number of rotatable bonds is 2. The number of nitrogens with zero attached hydrogens (tertiary/aromatic N) is 3. The molecule has 1 aromatic heterocycles. The molecule has 2 aliphatic rings. The van der Waals surface area contributed by atoms with E-state index < -0.39 is 6.04 Å². The summed E-state index contributed by atoms with van der Waals surface area (Å²) >= 11 is 0. The first-order chi connectivity index (χ1) is 19.3. The van der Waals surface area contributed by atoms with Gasteiger partial charge in [-0.25, -0.2) is 4.98 Å². The Hall–Kier alpha value is -4.44. The molecule has 3 amide bonds. The smallest absolute Gasteiger partial charge is 0.254 e. The van der Waals surface area contributed by atoms with Gasteiger partial charge in [0.1, 0.15) is 17.3 Å². The summed E-state index contributed by atoms with van der Waals surface area (Å²) in [7, 11) is 3.33. The number of ether oxygens (including phenoxy) is 2. The summed E-state index contributed by atoms with van der Waals surface area (Å²) in [6.45, 7) is 2.83. The second-order valence-corrected chi connectivity index (χ2v) is 10.1. The number of anilines is 1. The number of aromatic nitrogens is 1. The van der Waals surface area contributed by atoms with Crippen molar-refractivity contribution in [1.82, 2.24) is 20.1 Å². The zero-order valence-electron chi connectivity index (χ0n) is 22.8. The van der Waals surface area contributed by atoms with E-state index in [9.17, 15) is 14.4 Å². The predicted octanol–water partition coefficient (Wildman–Crippen LogP) is 3.23. The molecule has 4 bridgehead atoms. The van der Waals surface area contributed by atoms with Gasteiger partial charge < -0.3 is 29.9 Å². The fraction of sp³-hybridized carbons (Fsp3) is 0.333. The van der Waals surface area contributed by atoms with E-state index in [4.69, 9.17) is 9.47 Å². The Bertz CT molecular complexity index is 1430. The van der Waals surface area contributed by atoms with Crippen LogP contribution in [-0.2, 0) is 16.1 Å². The van der Waals surface area contributed by atoms with E-state index in [1.54, 1.807) is 49.5 Å². The lowest BCUT2D eigenvalue weighted by atomic mass is 10.0. The maximum absolute atomic E-state index is 13.3. The Morgan fingerprint density at radius 3 is 2.80 bits per heavy atom. The number of fused-ring (bicyclic) bond motifs is 5. The van der Waals surface area contributed by atoms with Crippen molar-refractivity contribution >= 4 is 23.5 Å². The van der Waals surface area contributed by atoms with Crippen molar-refractivity contribution in [3.8, 4) is 11.5 Å². The normalized spacial score (nSPS) is 19.8. The van der Waals surface area contributed by atoms with Crippen molar-refractivity contribution in [3.05, 3.63) is 83.0 Å². The average Bonchev–Trinajstić information content (AvgIpc) is 2.96. The first kappa shape index (κ1) is 27.1. The Balaban J connectivity index is 1.41. The van der Waals surface area contributed by atoms with Crippen LogP contribution in [0.5, 0.6) is 11.5 Å². The molecule has 3 heterocycles. The van der Waals surface area contributed by atoms with Crippen LogP contribution in [0.1, 0.15) is 38.3 Å². The summed E-state index contributed by atoms with van der Waals surface area (Å²) in [5.41, 5.74) is 2.73. The fourth-order valence-corrected chi connectivity index (χ4v) is 4.97. The number of likely N-dealkylation sites (tertiary alicyclic amines) is 1. The minimum atomic E-state index is -0.461. The van der Waals surface area contributed by atoms with Crippen molar-refractivity contribution < 1.29 is 23.9 Å². The monoisotopic (exact) mass is 543 g/mol. The molecule has 1 saturated heterocycles. The highest BCUT2D eigenvalue weighted by molar-refractivity contribution is 5.97. The molecule has 2 atom stereocenters. The largest absolute Gasteiger partial charge is 0.457 e. The summed E-state index contributed by atoms with van der Waals surface area (Å²) in [5, 5.41) is 5.98. The van der Waals surface area contributed by atoms with Gasteiger partial charge in [0.25, 0.3) is 11.8 Å². The number of hydrogen-bond acceptors (Lipinski definition) is 7. The fourth-order valence-electron chi connectivity index (χ4n) is 4.97. The van der Waals surface area contributed by atoms with Crippen LogP contribution in [0, 0.1) is 6.92 Å². The van der Waals surface area contributed by atoms with Gasteiger partial charge in [0.2, 0.25) is 5.91 Å². The first-order valence-electron chi connectivity index (χ1n) is 13.3. The van der Waals surface area contributed by atoms with Crippen LogP contribution in [0.25, 0.3) is 0 Å². The molecule has 2 aliphatic heterocycles. The molecule has 10 heteroatoms. The van der Waals surface area contributed by atoms with Crippen molar-refractivity contribution in [2.45, 2.75) is 32.1 Å². The molecule has 2 aromatic carbocycles. The number of carbonyl (C=O) groups is 3. The second-order valence-electron chi connectivity index (χ2n) is 10.1. The number of likely N-dealkylation sites (N-methyl/N-ethyl adjacent to an activating group) is 1. The van der Waals surface area contributed by atoms with Gasteiger partial charge in [-0.1, -0.05) is 18.2 Å². The van der Waals surface area contributed by atoms with Gasteiger partial charge in [0.15, 0.2) is 0 Å². The van der Waals surface area contributed by atoms with E-state index in [0.29, 0.717) is 48.0 Å². The average molecular weight is 544 g/mol. The maximum atomic E-state index is 13.3. The van der Waals surface area contributed by atoms with Gasteiger partial charge in [-0.15, -0.1) is 0 Å². The summed E-state index contributed by atoms with van der Waals surface area (Å²) in [6.07, 6.45) is 1.80. The van der Waals surface area contributed by atoms with Crippen LogP contribution in [0.2, 0.25) is 0 Å². The van der Waals surface area contributed by atoms with Crippen molar-refractivity contribution in [3.63, 3.8) is 0 Å². The third-order valence-electron chi connectivity index (χ3n) is 7.20. The summed E-state index contributed by atoms with van der Waals surface area (Å²) in [5.74, 6) is 1.03. The van der Waals surface area contributed by atoms with Crippen LogP contribution < -0.4 is 15.4 Å². The molecule has 1 fully saturated rings. The highest BCUT2D eigenvalue weighted by atomic mass is 16.5. The molecular weight excluding hydrogens is 510 g/mol. The Kier molecular flexibility index (Phi) is 7.97. The standard InChI is InChI=1S/C30H33N5O5/c1-19-7-8-21-14-26(19)40-23-6-4-5-20(13-23)18-39-25-10-12-35(30(38)22-9-11-32-27(15-22)31-2)16-24(25)33-28(36)17-34(3)29(21)37/h4-9,11,13-15,24-25H,10,12,16-18H2,1-3H3,(H,31,32)(H,33,36)/t24-,25+/m0/s1. The second kappa shape index (κ2) is 11.7. The Labute approximate surface area is 233 Å². The number of pyridine rings is 1. The first-order valence-corrected chi connectivity index (χ1v) is 13.3. The molecule has 3 aromatic rings. The van der Waals surface area contributed by atoms with Gasteiger partial charge in [-0.3, -0.25) is 14.4 Å². The number of nitrogens with one attached hydrogen (secondary N) is 2. The molecule has 10 nitrogen and oxygen atoms in total. The highest BCUT2D eigenvalue weighted by Crippen LogP contribution is 2.28. The number of carbonyl (C=O) groups excluding carboxylic acids is 3. The predicted molar refractivity (Wildman–Crippen MR) is 149 cm³/mol. The number of benzene rings is 2. The van der Waals surface area contributed by atoms with E-state index >= 15 is 0 Å². The van der Waals surface area contributed by atoms with Gasteiger partial charge in [-0.05, 0) is 60.9 Å². The Morgan fingerprint density at radius 1 is 1.12 bits per heavy atom. The quantitative estimate of drug-likeness (QED) is 0.510. The highest BCUT2D eigenvalue weighted by Gasteiger charge is 2.34. The summed E-state index contributed by atoms with van der Waals surface area (Å²) < 4.78 is 12.5. The van der Waals surface area contributed by atoms with E-state index in [1.807, 2.05) is 37.3 Å². The third-order valence-corrected chi connectivity index (χ3v) is 7.20. The molecule has 2 N–H and O–H groups in total. The SMILES string of the molecule is CNc1cc(C(=O)N2CC[C@H]3OCc4cccc(c4)Oc4cc(ccc4C)C(=O)N(C)CC(=O)N[C@H]3C2)ccn1. The molecule has 5 rings (SSSR count). The van der Waals surface area contributed by atoms with Crippen molar-refractivity contribution in [1.29, 1.82) is 0 Å². The lowest BCUT2D eigenvalue weighted by Gasteiger charge is -2.39. The summed E-state index contributed by atoms with van der Waals surface area (Å²) in [4.78, 5) is 46.9. The van der Waals surface area contributed by atoms with Crippen LogP contribution in [0.15, 0.2) is 60.8 Å². The summed E-state index contributed by atoms with van der Waals surface area (Å²) in [6, 6.07) is 15.8. The molecular formula is C30H33N5O5. The van der Waals surface area contributed by atoms with Crippen LogP contribution in [-0.4, -0.2) is 78.4 Å². The minimum Gasteiger partial charge on any atom is -0.457 e. The van der Waals surface area contributed by atoms with Crippen LogP contribution in [0.4, 0.5) is 5.82 Å². The molecule has 0 saturated carbocycles. The zero-order valence-corrected chi connectivity index (χ0v) is 22.8. The molecule has 40 heavy (non-hydrogen) atoms. The van der Waals surface area contributed by atoms with Gasteiger partial charge in [-0.2, -0.15) is 0 Å². The van der Waals surface area contributed by atoms with E-state index in [-0.39, 0.29) is 36.9 Å². The zero-order chi connectivity index (χ0) is 28.2. The van der Waals surface area contributed by atoms with E-state index in [2.05, 4.69) is 15.6 Å². The number of amides is 3. The number of piperidine rings is 1. The molecule has 208 valence electrons. The molecule has 0 unspecified atom stereocenters. The topological polar surface area (TPSA) is 113 Å². The van der Waals surface area contributed by atoms with Crippen LogP contribution >= 0.6 is 0 Å². The molecule has 0 spiro atoms. The molecule has 0 aliphatic carbocycles. The third kappa shape index (κ3) is 6.07.